The number of aryl methyl sites for hydroxylation is 1. The summed E-state index contributed by atoms with van der Waals surface area (Å²) in [5.41, 5.74) is 7.85. The van der Waals surface area contributed by atoms with Crippen molar-refractivity contribution in [2.45, 2.75) is 39.0 Å². The molecule has 4 nitrogen and oxygen atoms in total. The number of benzene rings is 1. The Balaban J connectivity index is 2.44. The molecule has 1 fully saturated rings. The first-order chi connectivity index (χ1) is 9.25. The van der Waals surface area contributed by atoms with E-state index in [1.54, 1.807) is 23.4 Å². The first-order valence-corrected chi connectivity index (χ1v) is 8.55. The van der Waals surface area contributed by atoms with Gasteiger partial charge < -0.3 is 5.73 Å². The van der Waals surface area contributed by atoms with Crippen molar-refractivity contribution in [1.29, 1.82) is 0 Å². The monoisotopic (exact) mass is 296 g/mol. The zero-order valence-corrected chi connectivity index (χ0v) is 13.5. The molecule has 2 N–H and O–H groups in total. The van der Waals surface area contributed by atoms with Crippen LogP contribution in [0, 0.1) is 25.7 Å². The largest absolute Gasteiger partial charge is 0.398 e. The van der Waals surface area contributed by atoms with E-state index in [9.17, 15) is 8.42 Å². The number of anilines is 1. The molecule has 1 aliphatic heterocycles. The SMILES string of the molecule is Cc1ccc(N)c(C)c1S(=O)(=O)N1CCC(C)C(C)C1. The molecule has 2 unspecified atom stereocenters. The topological polar surface area (TPSA) is 63.4 Å². The van der Waals surface area contributed by atoms with Gasteiger partial charge in [-0.3, -0.25) is 0 Å². The van der Waals surface area contributed by atoms with E-state index in [-0.39, 0.29) is 0 Å². The fourth-order valence-corrected chi connectivity index (χ4v) is 4.83. The Kier molecular flexibility index (Phi) is 4.12. The number of rotatable bonds is 2. The van der Waals surface area contributed by atoms with Gasteiger partial charge in [0.25, 0.3) is 0 Å². The van der Waals surface area contributed by atoms with Crippen LogP contribution < -0.4 is 5.73 Å². The van der Waals surface area contributed by atoms with Crippen molar-refractivity contribution in [3.8, 4) is 0 Å². The predicted octanol–water partition coefficient (Wildman–Crippen LogP) is 2.55. The summed E-state index contributed by atoms with van der Waals surface area (Å²) in [4.78, 5) is 0.388. The lowest BCUT2D eigenvalue weighted by molar-refractivity contribution is 0.212. The first kappa shape index (κ1) is 15.3. The Morgan fingerprint density at radius 1 is 1.20 bits per heavy atom. The van der Waals surface area contributed by atoms with Gasteiger partial charge in [0.15, 0.2) is 0 Å². The molecule has 0 aliphatic carbocycles. The lowest BCUT2D eigenvalue weighted by Gasteiger charge is -2.35. The zero-order chi connectivity index (χ0) is 15.1. The van der Waals surface area contributed by atoms with Crippen LogP contribution in [-0.4, -0.2) is 25.8 Å². The van der Waals surface area contributed by atoms with Crippen molar-refractivity contribution in [1.82, 2.24) is 4.31 Å². The average Bonchev–Trinajstić information content (AvgIpc) is 2.37. The summed E-state index contributed by atoms with van der Waals surface area (Å²) in [6.07, 6.45) is 0.917. The second-order valence-corrected chi connectivity index (χ2v) is 7.91. The number of nitrogens with zero attached hydrogens (tertiary/aromatic N) is 1. The molecule has 0 spiro atoms. The summed E-state index contributed by atoms with van der Waals surface area (Å²) < 4.78 is 27.4. The van der Waals surface area contributed by atoms with Crippen molar-refractivity contribution in [3.05, 3.63) is 23.3 Å². The lowest BCUT2D eigenvalue weighted by Crippen LogP contribution is -2.42. The van der Waals surface area contributed by atoms with Gasteiger partial charge in [0, 0.05) is 18.8 Å². The first-order valence-electron chi connectivity index (χ1n) is 7.11. The van der Waals surface area contributed by atoms with E-state index in [1.165, 1.54) is 0 Å². The standard InChI is InChI=1S/C15H24N2O2S/c1-10-7-8-17(9-12(10)3)20(18,19)15-11(2)5-6-14(16)13(15)4/h5-6,10,12H,7-9,16H2,1-4H3. The molecule has 1 aromatic carbocycles. The predicted molar refractivity (Wildman–Crippen MR) is 82.0 cm³/mol. The van der Waals surface area contributed by atoms with Crippen LogP contribution in [0.2, 0.25) is 0 Å². The zero-order valence-electron chi connectivity index (χ0n) is 12.7. The maximum absolute atomic E-state index is 12.9. The van der Waals surface area contributed by atoms with Gasteiger partial charge in [-0.25, -0.2) is 8.42 Å². The number of hydrogen-bond donors (Lipinski definition) is 1. The third-order valence-electron chi connectivity index (χ3n) is 4.54. The van der Waals surface area contributed by atoms with Gasteiger partial charge in [0.05, 0.1) is 4.90 Å². The minimum Gasteiger partial charge on any atom is -0.398 e. The third-order valence-corrected chi connectivity index (χ3v) is 6.69. The van der Waals surface area contributed by atoms with Gasteiger partial charge in [0.2, 0.25) is 10.0 Å². The molecule has 1 saturated heterocycles. The van der Waals surface area contributed by atoms with Crippen LogP contribution in [-0.2, 0) is 10.0 Å². The van der Waals surface area contributed by atoms with Crippen LogP contribution in [0.3, 0.4) is 0 Å². The molecule has 2 rings (SSSR count). The highest BCUT2D eigenvalue weighted by molar-refractivity contribution is 7.89. The Hall–Kier alpha value is -1.07. The quantitative estimate of drug-likeness (QED) is 0.853. The maximum Gasteiger partial charge on any atom is 0.243 e. The highest BCUT2D eigenvalue weighted by Crippen LogP contribution is 2.31. The number of sulfonamides is 1. The van der Waals surface area contributed by atoms with Crippen LogP contribution >= 0.6 is 0 Å². The molecule has 0 aromatic heterocycles. The fourth-order valence-electron chi connectivity index (χ4n) is 2.81. The molecule has 0 radical (unpaired) electrons. The molecular formula is C15H24N2O2S. The van der Waals surface area contributed by atoms with Crippen molar-refractivity contribution in [2.24, 2.45) is 11.8 Å². The number of hydrogen-bond acceptors (Lipinski definition) is 3. The van der Waals surface area contributed by atoms with Crippen LogP contribution in [0.1, 0.15) is 31.4 Å². The van der Waals surface area contributed by atoms with Gasteiger partial charge in [-0.2, -0.15) is 4.31 Å². The van der Waals surface area contributed by atoms with Gasteiger partial charge in [-0.05, 0) is 49.3 Å². The van der Waals surface area contributed by atoms with E-state index >= 15 is 0 Å². The fraction of sp³-hybridized carbons (Fsp3) is 0.600. The van der Waals surface area contributed by atoms with E-state index in [0.29, 0.717) is 41.1 Å². The average molecular weight is 296 g/mol. The highest BCUT2D eigenvalue weighted by Gasteiger charge is 2.33. The molecule has 2 atom stereocenters. The molecule has 5 heteroatoms. The molecule has 112 valence electrons. The minimum atomic E-state index is -3.45. The van der Waals surface area contributed by atoms with E-state index < -0.39 is 10.0 Å². The minimum absolute atomic E-state index is 0.388. The summed E-state index contributed by atoms with van der Waals surface area (Å²) in [5.74, 6) is 0.963. The summed E-state index contributed by atoms with van der Waals surface area (Å²) in [6.45, 7) is 9.11. The van der Waals surface area contributed by atoms with E-state index in [2.05, 4.69) is 13.8 Å². The van der Waals surface area contributed by atoms with Gasteiger partial charge in [-0.1, -0.05) is 19.9 Å². The van der Waals surface area contributed by atoms with E-state index in [4.69, 9.17) is 5.73 Å². The summed E-state index contributed by atoms with van der Waals surface area (Å²) in [5, 5.41) is 0. The maximum atomic E-state index is 12.9. The van der Waals surface area contributed by atoms with Crippen molar-refractivity contribution >= 4 is 15.7 Å². The van der Waals surface area contributed by atoms with Gasteiger partial charge in [0.1, 0.15) is 0 Å². The number of piperidine rings is 1. The van der Waals surface area contributed by atoms with Crippen LogP contribution in [0.25, 0.3) is 0 Å². The molecule has 1 aliphatic rings. The summed E-state index contributed by atoms with van der Waals surface area (Å²) in [7, 11) is -3.45. The lowest BCUT2D eigenvalue weighted by atomic mass is 9.90. The van der Waals surface area contributed by atoms with E-state index in [0.717, 1.165) is 12.0 Å². The van der Waals surface area contributed by atoms with Crippen molar-refractivity contribution < 1.29 is 8.42 Å². The molecular weight excluding hydrogens is 272 g/mol. The van der Waals surface area contributed by atoms with Crippen LogP contribution in [0.5, 0.6) is 0 Å². The van der Waals surface area contributed by atoms with Gasteiger partial charge >= 0.3 is 0 Å². The molecule has 0 saturated carbocycles. The molecule has 1 aromatic rings. The normalized spacial score (nSPS) is 24.8. The molecule has 20 heavy (non-hydrogen) atoms. The Labute approximate surface area is 122 Å². The Bertz CT molecular complexity index is 611. The Morgan fingerprint density at radius 2 is 1.85 bits per heavy atom. The molecule has 1 heterocycles. The van der Waals surface area contributed by atoms with Crippen molar-refractivity contribution in [3.63, 3.8) is 0 Å². The Morgan fingerprint density at radius 3 is 2.45 bits per heavy atom. The summed E-state index contributed by atoms with van der Waals surface area (Å²) >= 11 is 0. The second kappa shape index (κ2) is 5.37. The number of nitrogen functional groups attached to an aromatic ring is 1. The molecule has 0 amide bonds. The molecule has 0 bridgehead atoms. The third kappa shape index (κ3) is 2.56. The van der Waals surface area contributed by atoms with Crippen LogP contribution in [0.4, 0.5) is 5.69 Å². The van der Waals surface area contributed by atoms with Gasteiger partial charge in [-0.15, -0.1) is 0 Å². The van der Waals surface area contributed by atoms with Crippen LogP contribution in [0.15, 0.2) is 17.0 Å². The highest BCUT2D eigenvalue weighted by atomic mass is 32.2. The van der Waals surface area contributed by atoms with E-state index in [1.807, 2.05) is 6.92 Å². The number of nitrogens with two attached hydrogens (primary N) is 1. The summed E-state index contributed by atoms with van der Waals surface area (Å²) in [6, 6.07) is 3.55. The smallest absolute Gasteiger partial charge is 0.243 e. The second-order valence-electron chi connectivity index (χ2n) is 6.03. The van der Waals surface area contributed by atoms with Crippen molar-refractivity contribution in [2.75, 3.05) is 18.8 Å².